The smallest absolute Gasteiger partial charge is 0.178 e. The average molecular weight is 395 g/mol. The van der Waals surface area contributed by atoms with Crippen molar-refractivity contribution < 1.29 is 4.74 Å². The number of aromatic nitrogens is 3. The molecule has 0 amide bonds. The SMILES string of the molecule is CCOc1ccc(Nc2c(CC)c(N)nn3cc([C@H]4CC[C@H](N)CC4)nc23)cc1. The number of benzene rings is 1. The molecule has 29 heavy (non-hydrogen) atoms. The van der Waals surface area contributed by atoms with Gasteiger partial charge in [-0.3, -0.25) is 0 Å². The van der Waals surface area contributed by atoms with Gasteiger partial charge in [0, 0.05) is 23.2 Å². The summed E-state index contributed by atoms with van der Waals surface area (Å²) in [5.74, 6) is 1.82. The van der Waals surface area contributed by atoms with Gasteiger partial charge in [0.2, 0.25) is 0 Å². The van der Waals surface area contributed by atoms with Crippen molar-refractivity contribution in [3.63, 3.8) is 0 Å². The molecule has 0 saturated heterocycles. The molecule has 1 fully saturated rings. The zero-order valence-corrected chi connectivity index (χ0v) is 17.2. The fourth-order valence-electron chi connectivity index (χ4n) is 4.12. The number of hydrogen-bond donors (Lipinski definition) is 3. The van der Waals surface area contributed by atoms with Gasteiger partial charge in [-0.2, -0.15) is 0 Å². The number of ether oxygens (including phenoxy) is 1. The van der Waals surface area contributed by atoms with Crippen molar-refractivity contribution in [2.75, 3.05) is 17.7 Å². The first-order valence-corrected chi connectivity index (χ1v) is 10.5. The van der Waals surface area contributed by atoms with Gasteiger partial charge in [-0.15, -0.1) is 5.10 Å². The maximum atomic E-state index is 6.28. The lowest BCUT2D eigenvalue weighted by Gasteiger charge is -2.24. The molecule has 1 aliphatic rings. The highest BCUT2D eigenvalue weighted by molar-refractivity contribution is 5.80. The van der Waals surface area contributed by atoms with Crippen LogP contribution in [0.15, 0.2) is 30.5 Å². The van der Waals surface area contributed by atoms with E-state index in [-0.39, 0.29) is 0 Å². The van der Waals surface area contributed by atoms with E-state index < -0.39 is 0 Å². The minimum Gasteiger partial charge on any atom is -0.494 e. The second-order valence-corrected chi connectivity index (χ2v) is 7.72. The van der Waals surface area contributed by atoms with Crippen LogP contribution in [0.3, 0.4) is 0 Å². The highest BCUT2D eigenvalue weighted by Gasteiger charge is 2.24. The van der Waals surface area contributed by atoms with Gasteiger partial charge in [0.1, 0.15) is 11.6 Å². The second kappa shape index (κ2) is 8.29. The topological polar surface area (TPSA) is 103 Å². The fourth-order valence-corrected chi connectivity index (χ4v) is 4.12. The van der Waals surface area contributed by atoms with Gasteiger partial charge in [-0.05, 0) is 63.3 Å². The quantitative estimate of drug-likeness (QED) is 0.584. The number of nitrogen functional groups attached to an aromatic ring is 1. The third-order valence-electron chi connectivity index (χ3n) is 5.73. The Labute approximate surface area is 171 Å². The Balaban J connectivity index is 1.70. The largest absolute Gasteiger partial charge is 0.494 e. The molecule has 0 spiro atoms. The Kier molecular flexibility index (Phi) is 5.58. The van der Waals surface area contributed by atoms with Crippen molar-refractivity contribution in [1.29, 1.82) is 0 Å². The fraction of sp³-hybridized carbons (Fsp3) is 0.455. The minimum atomic E-state index is 0.320. The molecule has 0 atom stereocenters. The van der Waals surface area contributed by atoms with Crippen LogP contribution in [0.1, 0.15) is 56.7 Å². The number of imidazole rings is 1. The van der Waals surface area contributed by atoms with Crippen molar-refractivity contribution in [3.8, 4) is 5.75 Å². The highest BCUT2D eigenvalue weighted by Crippen LogP contribution is 2.35. The Bertz CT molecular complexity index is 973. The van der Waals surface area contributed by atoms with E-state index in [1.54, 1.807) is 0 Å². The molecule has 1 aliphatic carbocycles. The summed E-state index contributed by atoms with van der Waals surface area (Å²) in [5.41, 5.74) is 17.1. The maximum absolute atomic E-state index is 6.28. The van der Waals surface area contributed by atoms with E-state index in [1.165, 1.54) is 0 Å². The molecule has 2 aromatic heterocycles. The number of fused-ring (bicyclic) bond motifs is 1. The first kappa shape index (κ1) is 19.5. The number of anilines is 3. The first-order chi connectivity index (χ1) is 14.1. The second-order valence-electron chi connectivity index (χ2n) is 7.72. The maximum Gasteiger partial charge on any atom is 0.178 e. The van der Waals surface area contributed by atoms with Crippen LogP contribution in [-0.2, 0) is 6.42 Å². The number of nitrogens with two attached hydrogens (primary N) is 2. The van der Waals surface area contributed by atoms with Gasteiger partial charge >= 0.3 is 0 Å². The summed E-state index contributed by atoms with van der Waals surface area (Å²) < 4.78 is 7.35. The van der Waals surface area contributed by atoms with Crippen LogP contribution in [0.5, 0.6) is 5.75 Å². The molecule has 0 radical (unpaired) electrons. The van der Waals surface area contributed by atoms with Crippen molar-refractivity contribution >= 4 is 22.8 Å². The molecule has 4 rings (SSSR count). The molecule has 3 aromatic rings. The van der Waals surface area contributed by atoms with E-state index in [9.17, 15) is 0 Å². The minimum absolute atomic E-state index is 0.320. The van der Waals surface area contributed by atoms with Crippen LogP contribution >= 0.6 is 0 Å². The van der Waals surface area contributed by atoms with Gasteiger partial charge < -0.3 is 21.5 Å². The molecule has 154 valence electrons. The predicted octanol–water partition coefficient (Wildman–Crippen LogP) is 4.00. The van der Waals surface area contributed by atoms with Crippen molar-refractivity contribution in [1.82, 2.24) is 14.6 Å². The molecular weight excluding hydrogens is 364 g/mol. The molecule has 2 heterocycles. The Hall–Kier alpha value is -2.80. The van der Waals surface area contributed by atoms with E-state index in [2.05, 4.69) is 17.3 Å². The number of hydrogen-bond acceptors (Lipinski definition) is 6. The average Bonchev–Trinajstić information content (AvgIpc) is 3.14. The molecule has 0 bridgehead atoms. The third-order valence-corrected chi connectivity index (χ3v) is 5.73. The summed E-state index contributed by atoms with van der Waals surface area (Å²) in [4.78, 5) is 4.97. The Morgan fingerprint density at radius 1 is 1.14 bits per heavy atom. The van der Waals surface area contributed by atoms with Gasteiger partial charge in [-0.1, -0.05) is 6.92 Å². The van der Waals surface area contributed by atoms with Gasteiger partial charge in [0.05, 0.1) is 24.2 Å². The third kappa shape index (κ3) is 4.00. The molecule has 0 aliphatic heterocycles. The van der Waals surface area contributed by atoms with Crippen molar-refractivity contribution in [2.45, 2.75) is 57.9 Å². The normalized spacial score (nSPS) is 19.4. The van der Waals surface area contributed by atoms with Crippen LogP contribution in [0.2, 0.25) is 0 Å². The summed E-state index contributed by atoms with van der Waals surface area (Å²) in [5, 5.41) is 8.09. The van der Waals surface area contributed by atoms with Crippen LogP contribution in [0.25, 0.3) is 5.65 Å². The Morgan fingerprint density at radius 3 is 2.52 bits per heavy atom. The summed E-state index contributed by atoms with van der Waals surface area (Å²) in [6.45, 7) is 4.71. The van der Waals surface area contributed by atoms with Crippen molar-refractivity contribution in [2.24, 2.45) is 5.73 Å². The standard InChI is InChI=1S/C22H30N6O/c1-3-18-20(25-16-9-11-17(12-10-16)29-4-2)22-26-19(13-28(22)27-21(18)24)14-5-7-15(23)8-6-14/h9-15,25H,3-8,23H2,1-2H3,(H2,24,27)/t14-,15-. The monoisotopic (exact) mass is 394 g/mol. The Morgan fingerprint density at radius 2 is 1.86 bits per heavy atom. The first-order valence-electron chi connectivity index (χ1n) is 10.5. The van der Waals surface area contributed by atoms with E-state index in [0.29, 0.717) is 24.4 Å². The van der Waals surface area contributed by atoms with E-state index >= 15 is 0 Å². The molecule has 7 nitrogen and oxygen atoms in total. The van der Waals surface area contributed by atoms with Gasteiger partial charge in [-0.25, -0.2) is 9.50 Å². The van der Waals surface area contributed by atoms with E-state index in [4.69, 9.17) is 21.2 Å². The predicted molar refractivity (Wildman–Crippen MR) is 117 cm³/mol. The summed E-state index contributed by atoms with van der Waals surface area (Å²) in [6.07, 6.45) is 7.04. The van der Waals surface area contributed by atoms with Gasteiger partial charge in [0.25, 0.3) is 0 Å². The van der Waals surface area contributed by atoms with Gasteiger partial charge in [0.15, 0.2) is 5.65 Å². The lowest BCUT2D eigenvalue weighted by Crippen LogP contribution is -2.25. The molecule has 1 aromatic carbocycles. The van der Waals surface area contributed by atoms with E-state index in [1.807, 2.05) is 41.9 Å². The lowest BCUT2D eigenvalue weighted by molar-refractivity contribution is 0.340. The number of rotatable bonds is 6. The number of nitrogens with zero attached hydrogens (tertiary/aromatic N) is 3. The molecular formula is C22H30N6O. The van der Waals surface area contributed by atoms with E-state index in [0.717, 1.165) is 66.1 Å². The molecule has 7 heteroatoms. The van der Waals surface area contributed by atoms with Crippen LogP contribution in [-0.4, -0.2) is 27.2 Å². The summed E-state index contributed by atoms with van der Waals surface area (Å²) in [7, 11) is 0. The zero-order chi connectivity index (χ0) is 20.4. The molecule has 0 unspecified atom stereocenters. The number of nitrogens with one attached hydrogen (secondary N) is 1. The van der Waals surface area contributed by atoms with Crippen LogP contribution < -0.4 is 21.5 Å². The highest BCUT2D eigenvalue weighted by atomic mass is 16.5. The van der Waals surface area contributed by atoms with Crippen LogP contribution in [0.4, 0.5) is 17.2 Å². The molecule has 5 N–H and O–H groups in total. The van der Waals surface area contributed by atoms with Crippen molar-refractivity contribution in [3.05, 3.63) is 41.7 Å². The summed E-state index contributed by atoms with van der Waals surface area (Å²) >= 11 is 0. The van der Waals surface area contributed by atoms with Crippen LogP contribution in [0, 0.1) is 0 Å². The summed E-state index contributed by atoms with van der Waals surface area (Å²) in [6, 6.07) is 8.25. The lowest BCUT2D eigenvalue weighted by atomic mass is 9.85. The molecule has 1 saturated carbocycles. The zero-order valence-electron chi connectivity index (χ0n) is 17.2.